The monoisotopic (exact) mass is 242 g/mol. The first-order chi connectivity index (χ1) is 7.69. The highest BCUT2D eigenvalue weighted by Gasteiger charge is 2.07. The minimum Gasteiger partial charge on any atom is -0.373 e. The Morgan fingerprint density at radius 3 is 2.62 bits per heavy atom. The van der Waals surface area contributed by atoms with Gasteiger partial charge in [0.1, 0.15) is 18.0 Å². The Morgan fingerprint density at radius 2 is 2.06 bits per heavy atom. The molecular formula is C10H18N4OS. The van der Waals surface area contributed by atoms with E-state index in [0.717, 1.165) is 23.6 Å². The minimum atomic E-state index is -0.776. The zero-order chi connectivity index (χ0) is 12.0. The number of anilines is 2. The van der Waals surface area contributed by atoms with Crippen LogP contribution < -0.4 is 10.6 Å². The van der Waals surface area contributed by atoms with E-state index in [4.69, 9.17) is 0 Å². The maximum Gasteiger partial charge on any atom is 0.134 e. The molecule has 0 aromatic carbocycles. The van der Waals surface area contributed by atoms with E-state index in [9.17, 15) is 4.21 Å². The highest BCUT2D eigenvalue weighted by atomic mass is 32.2. The molecule has 1 atom stereocenters. The number of rotatable bonds is 6. The van der Waals surface area contributed by atoms with Crippen LogP contribution in [0.1, 0.15) is 12.5 Å². The summed E-state index contributed by atoms with van der Waals surface area (Å²) in [5.41, 5.74) is 1.06. The lowest BCUT2D eigenvalue weighted by Gasteiger charge is -2.12. The van der Waals surface area contributed by atoms with Gasteiger partial charge in [0, 0.05) is 42.0 Å². The van der Waals surface area contributed by atoms with Crippen molar-refractivity contribution in [2.75, 3.05) is 36.2 Å². The molecule has 90 valence electrons. The Kier molecular flexibility index (Phi) is 5.18. The predicted molar refractivity (Wildman–Crippen MR) is 68.4 cm³/mol. The van der Waals surface area contributed by atoms with Gasteiger partial charge in [-0.3, -0.25) is 4.21 Å². The van der Waals surface area contributed by atoms with E-state index in [0.29, 0.717) is 12.3 Å². The van der Waals surface area contributed by atoms with Crippen molar-refractivity contribution >= 4 is 22.4 Å². The third-order valence-electron chi connectivity index (χ3n) is 2.22. The fraction of sp³-hybridized carbons (Fsp3) is 0.600. The second-order valence-corrected chi connectivity index (χ2v) is 4.91. The van der Waals surface area contributed by atoms with Crippen LogP contribution in [0.3, 0.4) is 0 Å². The van der Waals surface area contributed by atoms with Crippen LogP contribution in [0, 0.1) is 0 Å². The van der Waals surface area contributed by atoms with Crippen LogP contribution in [0.25, 0.3) is 0 Å². The molecule has 0 saturated heterocycles. The SMILES string of the molecule is CCc1c(NC)ncnc1NCCS(C)=O. The van der Waals surface area contributed by atoms with Crippen LogP contribution in [0.5, 0.6) is 0 Å². The Labute approximate surface area is 98.5 Å². The smallest absolute Gasteiger partial charge is 0.134 e. The van der Waals surface area contributed by atoms with Crippen LogP contribution in [-0.2, 0) is 17.2 Å². The van der Waals surface area contributed by atoms with Gasteiger partial charge >= 0.3 is 0 Å². The Balaban J connectivity index is 2.74. The van der Waals surface area contributed by atoms with Gasteiger partial charge in [0.2, 0.25) is 0 Å². The number of nitrogens with one attached hydrogen (secondary N) is 2. The Bertz CT molecular complexity index is 370. The van der Waals surface area contributed by atoms with Gasteiger partial charge in [-0.15, -0.1) is 0 Å². The highest BCUT2D eigenvalue weighted by Crippen LogP contribution is 2.19. The number of nitrogens with zero attached hydrogens (tertiary/aromatic N) is 2. The molecular weight excluding hydrogens is 224 g/mol. The van der Waals surface area contributed by atoms with Crippen LogP contribution in [0.15, 0.2) is 6.33 Å². The molecule has 2 N–H and O–H groups in total. The normalized spacial score (nSPS) is 12.2. The van der Waals surface area contributed by atoms with Crippen molar-refractivity contribution in [1.29, 1.82) is 0 Å². The summed E-state index contributed by atoms with van der Waals surface area (Å²) in [6, 6.07) is 0. The molecule has 0 aliphatic heterocycles. The molecule has 5 nitrogen and oxygen atoms in total. The van der Waals surface area contributed by atoms with Gasteiger partial charge < -0.3 is 10.6 Å². The lowest BCUT2D eigenvalue weighted by atomic mass is 10.2. The summed E-state index contributed by atoms with van der Waals surface area (Å²) in [5, 5.41) is 6.22. The number of hydrogen-bond acceptors (Lipinski definition) is 5. The summed E-state index contributed by atoms with van der Waals surface area (Å²) < 4.78 is 10.9. The first-order valence-electron chi connectivity index (χ1n) is 5.24. The average molecular weight is 242 g/mol. The second-order valence-electron chi connectivity index (χ2n) is 3.36. The van der Waals surface area contributed by atoms with Gasteiger partial charge in [0.15, 0.2) is 0 Å². The molecule has 1 heterocycles. The molecule has 16 heavy (non-hydrogen) atoms. The summed E-state index contributed by atoms with van der Waals surface area (Å²) in [6.45, 7) is 2.72. The summed E-state index contributed by atoms with van der Waals surface area (Å²) >= 11 is 0. The molecule has 1 aromatic rings. The fourth-order valence-corrected chi connectivity index (χ4v) is 1.82. The third kappa shape index (κ3) is 3.44. The third-order valence-corrected chi connectivity index (χ3v) is 3.00. The molecule has 0 amide bonds. The Hall–Kier alpha value is -1.17. The van der Waals surface area contributed by atoms with Crippen molar-refractivity contribution in [3.05, 3.63) is 11.9 Å². The predicted octanol–water partition coefficient (Wildman–Crippen LogP) is 0.871. The maximum absolute atomic E-state index is 10.9. The average Bonchev–Trinajstić information content (AvgIpc) is 2.28. The largest absolute Gasteiger partial charge is 0.373 e. The summed E-state index contributed by atoms with van der Waals surface area (Å²) in [7, 11) is 1.06. The lowest BCUT2D eigenvalue weighted by molar-refractivity contribution is 0.687. The van der Waals surface area contributed by atoms with E-state index in [1.807, 2.05) is 7.05 Å². The molecule has 1 unspecified atom stereocenters. The molecule has 0 aliphatic carbocycles. The summed E-state index contributed by atoms with van der Waals surface area (Å²) in [4.78, 5) is 8.34. The molecule has 0 radical (unpaired) electrons. The van der Waals surface area contributed by atoms with Crippen molar-refractivity contribution in [2.24, 2.45) is 0 Å². The van der Waals surface area contributed by atoms with Crippen molar-refractivity contribution in [2.45, 2.75) is 13.3 Å². The number of aromatic nitrogens is 2. The highest BCUT2D eigenvalue weighted by molar-refractivity contribution is 7.84. The standard InChI is InChI=1S/C10H18N4OS/c1-4-8-9(11-2)13-7-14-10(8)12-5-6-16(3)15/h7H,4-6H2,1-3H3,(H2,11,12,13,14). The van der Waals surface area contributed by atoms with E-state index < -0.39 is 10.8 Å². The second kappa shape index (κ2) is 6.42. The van der Waals surface area contributed by atoms with Crippen molar-refractivity contribution in [3.8, 4) is 0 Å². The molecule has 1 rings (SSSR count). The van der Waals surface area contributed by atoms with E-state index in [-0.39, 0.29) is 0 Å². The zero-order valence-corrected chi connectivity index (χ0v) is 10.7. The molecule has 6 heteroatoms. The molecule has 0 saturated carbocycles. The van der Waals surface area contributed by atoms with Crippen LogP contribution in [-0.4, -0.2) is 39.8 Å². The van der Waals surface area contributed by atoms with Gasteiger partial charge in [-0.25, -0.2) is 9.97 Å². The quantitative estimate of drug-likeness (QED) is 0.775. The fourth-order valence-electron chi connectivity index (χ4n) is 1.43. The van der Waals surface area contributed by atoms with E-state index in [1.165, 1.54) is 6.33 Å². The molecule has 0 aliphatic rings. The summed E-state index contributed by atoms with van der Waals surface area (Å²) in [6.07, 6.45) is 4.08. The first-order valence-corrected chi connectivity index (χ1v) is 6.97. The van der Waals surface area contributed by atoms with Gasteiger partial charge in [-0.1, -0.05) is 6.92 Å². The topological polar surface area (TPSA) is 66.9 Å². The van der Waals surface area contributed by atoms with Crippen LogP contribution in [0.2, 0.25) is 0 Å². The van der Waals surface area contributed by atoms with Gasteiger partial charge in [-0.05, 0) is 6.42 Å². The van der Waals surface area contributed by atoms with Crippen LogP contribution in [0.4, 0.5) is 11.6 Å². The Morgan fingerprint density at radius 1 is 1.38 bits per heavy atom. The van der Waals surface area contributed by atoms with Crippen molar-refractivity contribution in [1.82, 2.24) is 9.97 Å². The summed E-state index contributed by atoms with van der Waals surface area (Å²) in [5.74, 6) is 2.30. The van der Waals surface area contributed by atoms with Gasteiger partial charge in [0.25, 0.3) is 0 Å². The minimum absolute atomic E-state index is 0.627. The van der Waals surface area contributed by atoms with E-state index in [1.54, 1.807) is 6.26 Å². The van der Waals surface area contributed by atoms with Crippen molar-refractivity contribution < 1.29 is 4.21 Å². The van der Waals surface area contributed by atoms with Gasteiger partial charge in [-0.2, -0.15) is 0 Å². The van der Waals surface area contributed by atoms with Gasteiger partial charge in [0.05, 0.1) is 0 Å². The first kappa shape index (κ1) is 12.9. The van der Waals surface area contributed by atoms with Crippen molar-refractivity contribution in [3.63, 3.8) is 0 Å². The zero-order valence-electron chi connectivity index (χ0n) is 9.91. The molecule has 0 bridgehead atoms. The molecule has 0 fully saturated rings. The molecule has 0 spiro atoms. The maximum atomic E-state index is 10.9. The van der Waals surface area contributed by atoms with E-state index >= 15 is 0 Å². The number of hydrogen-bond donors (Lipinski definition) is 2. The van der Waals surface area contributed by atoms with Crippen LogP contribution >= 0.6 is 0 Å². The van der Waals surface area contributed by atoms with E-state index in [2.05, 4.69) is 27.5 Å². The molecule has 1 aromatic heterocycles. The lowest BCUT2D eigenvalue weighted by Crippen LogP contribution is -2.13.